The lowest BCUT2D eigenvalue weighted by atomic mass is 10.1. The standard InChI is InChI=1S/C15H21NO2/c1-11-4-6-14(7-5-11)15(17)10-16-8-12(2)18-13(3)9-16/h4-7,12-13H,8-10H2,1-3H3. The maximum absolute atomic E-state index is 12.2. The summed E-state index contributed by atoms with van der Waals surface area (Å²) < 4.78 is 5.67. The average molecular weight is 247 g/mol. The lowest BCUT2D eigenvalue weighted by Gasteiger charge is -2.34. The summed E-state index contributed by atoms with van der Waals surface area (Å²) in [5.74, 6) is 0.191. The Morgan fingerprint density at radius 2 is 1.78 bits per heavy atom. The van der Waals surface area contributed by atoms with E-state index in [1.807, 2.05) is 31.2 Å². The molecule has 3 heteroatoms. The molecule has 1 saturated heterocycles. The van der Waals surface area contributed by atoms with Crippen LogP contribution >= 0.6 is 0 Å². The fraction of sp³-hybridized carbons (Fsp3) is 0.533. The molecule has 2 rings (SSSR count). The molecule has 1 fully saturated rings. The predicted molar refractivity (Wildman–Crippen MR) is 72.0 cm³/mol. The summed E-state index contributed by atoms with van der Waals surface area (Å²) in [4.78, 5) is 14.3. The first-order valence-corrected chi connectivity index (χ1v) is 6.52. The lowest BCUT2D eigenvalue weighted by molar-refractivity contribution is -0.0652. The third kappa shape index (κ3) is 3.40. The number of aryl methyl sites for hydroxylation is 1. The summed E-state index contributed by atoms with van der Waals surface area (Å²) in [5.41, 5.74) is 1.98. The molecule has 1 aromatic carbocycles. The molecular weight excluding hydrogens is 226 g/mol. The normalized spacial score (nSPS) is 25.1. The molecule has 18 heavy (non-hydrogen) atoms. The number of Topliss-reactive ketones (excluding diaryl/α,β-unsaturated/α-hetero) is 1. The van der Waals surface area contributed by atoms with E-state index in [0.29, 0.717) is 6.54 Å². The zero-order valence-corrected chi connectivity index (χ0v) is 11.3. The molecule has 1 aromatic rings. The van der Waals surface area contributed by atoms with Gasteiger partial charge in [-0.2, -0.15) is 0 Å². The Balaban J connectivity index is 1.96. The van der Waals surface area contributed by atoms with Gasteiger partial charge in [0.15, 0.2) is 5.78 Å². The van der Waals surface area contributed by atoms with Crippen LogP contribution in [-0.2, 0) is 4.74 Å². The molecule has 2 unspecified atom stereocenters. The van der Waals surface area contributed by atoms with Crippen LogP contribution in [0.2, 0.25) is 0 Å². The fourth-order valence-corrected chi connectivity index (χ4v) is 2.45. The average Bonchev–Trinajstić information content (AvgIpc) is 2.28. The number of hydrogen-bond acceptors (Lipinski definition) is 3. The Bertz CT molecular complexity index is 403. The first-order chi connectivity index (χ1) is 8.54. The molecule has 1 heterocycles. The quantitative estimate of drug-likeness (QED) is 0.767. The van der Waals surface area contributed by atoms with E-state index in [2.05, 4.69) is 18.7 Å². The minimum absolute atomic E-state index is 0.191. The molecule has 0 bridgehead atoms. The van der Waals surface area contributed by atoms with Crippen molar-refractivity contribution in [1.29, 1.82) is 0 Å². The summed E-state index contributed by atoms with van der Waals surface area (Å²) in [6.07, 6.45) is 0.416. The Hall–Kier alpha value is -1.19. The van der Waals surface area contributed by atoms with Crippen LogP contribution in [0.1, 0.15) is 29.8 Å². The summed E-state index contributed by atoms with van der Waals surface area (Å²) in [5, 5.41) is 0. The van der Waals surface area contributed by atoms with Crippen LogP contribution in [-0.4, -0.2) is 42.5 Å². The van der Waals surface area contributed by atoms with E-state index in [0.717, 1.165) is 18.7 Å². The van der Waals surface area contributed by atoms with Gasteiger partial charge in [0.25, 0.3) is 0 Å². The van der Waals surface area contributed by atoms with Crippen LogP contribution < -0.4 is 0 Å². The largest absolute Gasteiger partial charge is 0.373 e. The second-order valence-electron chi connectivity index (χ2n) is 5.24. The number of benzene rings is 1. The molecule has 1 aliphatic heterocycles. The van der Waals surface area contributed by atoms with Gasteiger partial charge in [0.2, 0.25) is 0 Å². The van der Waals surface area contributed by atoms with E-state index in [1.165, 1.54) is 5.56 Å². The summed E-state index contributed by atoms with van der Waals surface area (Å²) in [6.45, 7) is 8.29. The highest BCUT2D eigenvalue weighted by Crippen LogP contribution is 2.12. The smallest absolute Gasteiger partial charge is 0.176 e. The monoisotopic (exact) mass is 247 g/mol. The van der Waals surface area contributed by atoms with Gasteiger partial charge in [-0.15, -0.1) is 0 Å². The van der Waals surface area contributed by atoms with E-state index in [9.17, 15) is 4.79 Å². The molecule has 0 aromatic heterocycles. The number of morpholine rings is 1. The van der Waals surface area contributed by atoms with Crippen molar-refractivity contribution in [3.63, 3.8) is 0 Å². The van der Waals surface area contributed by atoms with Crippen molar-refractivity contribution in [2.45, 2.75) is 33.0 Å². The molecule has 0 spiro atoms. The number of ketones is 1. The molecule has 0 saturated carbocycles. The number of ether oxygens (including phenoxy) is 1. The van der Waals surface area contributed by atoms with Gasteiger partial charge < -0.3 is 4.74 Å². The van der Waals surface area contributed by atoms with Gasteiger partial charge >= 0.3 is 0 Å². The van der Waals surface area contributed by atoms with Crippen molar-refractivity contribution in [2.24, 2.45) is 0 Å². The molecule has 98 valence electrons. The van der Waals surface area contributed by atoms with E-state index in [4.69, 9.17) is 4.74 Å². The maximum Gasteiger partial charge on any atom is 0.176 e. The topological polar surface area (TPSA) is 29.5 Å². The third-order valence-corrected chi connectivity index (χ3v) is 3.24. The highest BCUT2D eigenvalue weighted by molar-refractivity contribution is 5.97. The maximum atomic E-state index is 12.2. The fourth-order valence-electron chi connectivity index (χ4n) is 2.45. The van der Waals surface area contributed by atoms with Crippen LogP contribution in [0, 0.1) is 6.92 Å². The van der Waals surface area contributed by atoms with Crippen molar-refractivity contribution in [3.05, 3.63) is 35.4 Å². The second kappa shape index (κ2) is 5.63. The Kier molecular flexibility index (Phi) is 4.15. The second-order valence-corrected chi connectivity index (χ2v) is 5.24. The van der Waals surface area contributed by atoms with Crippen LogP contribution in [0.5, 0.6) is 0 Å². The van der Waals surface area contributed by atoms with E-state index in [1.54, 1.807) is 0 Å². The van der Waals surface area contributed by atoms with Crippen LogP contribution in [0.4, 0.5) is 0 Å². The van der Waals surface area contributed by atoms with Crippen LogP contribution in [0.15, 0.2) is 24.3 Å². The van der Waals surface area contributed by atoms with E-state index >= 15 is 0 Å². The molecule has 2 atom stereocenters. The van der Waals surface area contributed by atoms with E-state index in [-0.39, 0.29) is 18.0 Å². The van der Waals surface area contributed by atoms with Gasteiger partial charge in [0.1, 0.15) is 0 Å². The number of hydrogen-bond donors (Lipinski definition) is 0. The van der Waals surface area contributed by atoms with Crippen LogP contribution in [0.3, 0.4) is 0 Å². The number of carbonyl (C=O) groups is 1. The first-order valence-electron chi connectivity index (χ1n) is 6.52. The summed E-state index contributed by atoms with van der Waals surface area (Å²) in [7, 11) is 0. The zero-order chi connectivity index (χ0) is 13.1. The molecule has 0 N–H and O–H groups in total. The van der Waals surface area contributed by atoms with Gasteiger partial charge in [0, 0.05) is 18.7 Å². The van der Waals surface area contributed by atoms with Crippen molar-refractivity contribution >= 4 is 5.78 Å². The van der Waals surface area contributed by atoms with Crippen molar-refractivity contribution < 1.29 is 9.53 Å². The molecule has 0 radical (unpaired) electrons. The highest BCUT2D eigenvalue weighted by atomic mass is 16.5. The van der Waals surface area contributed by atoms with Crippen molar-refractivity contribution in [2.75, 3.05) is 19.6 Å². The van der Waals surface area contributed by atoms with Crippen molar-refractivity contribution in [1.82, 2.24) is 4.90 Å². The van der Waals surface area contributed by atoms with Gasteiger partial charge in [-0.25, -0.2) is 0 Å². The minimum atomic E-state index is 0.191. The van der Waals surface area contributed by atoms with Gasteiger partial charge in [-0.05, 0) is 20.8 Å². The predicted octanol–water partition coefficient (Wildman–Crippen LogP) is 2.29. The van der Waals surface area contributed by atoms with Crippen LogP contribution in [0.25, 0.3) is 0 Å². The molecule has 1 aliphatic rings. The lowest BCUT2D eigenvalue weighted by Crippen LogP contribution is -2.47. The third-order valence-electron chi connectivity index (χ3n) is 3.24. The number of rotatable bonds is 3. The minimum Gasteiger partial charge on any atom is -0.373 e. The Morgan fingerprint density at radius 1 is 1.22 bits per heavy atom. The zero-order valence-electron chi connectivity index (χ0n) is 11.3. The molecular formula is C15H21NO2. The Morgan fingerprint density at radius 3 is 2.33 bits per heavy atom. The van der Waals surface area contributed by atoms with E-state index < -0.39 is 0 Å². The molecule has 0 aliphatic carbocycles. The SMILES string of the molecule is Cc1ccc(C(=O)CN2CC(C)OC(C)C2)cc1. The van der Waals surface area contributed by atoms with Gasteiger partial charge in [0.05, 0.1) is 18.8 Å². The molecule has 0 amide bonds. The number of nitrogens with zero attached hydrogens (tertiary/aromatic N) is 1. The van der Waals surface area contributed by atoms with Crippen molar-refractivity contribution in [3.8, 4) is 0 Å². The molecule has 3 nitrogen and oxygen atoms in total. The summed E-state index contributed by atoms with van der Waals surface area (Å²) >= 11 is 0. The van der Waals surface area contributed by atoms with Gasteiger partial charge in [-0.3, -0.25) is 9.69 Å². The number of carbonyl (C=O) groups excluding carboxylic acids is 1. The van der Waals surface area contributed by atoms with Gasteiger partial charge in [-0.1, -0.05) is 29.8 Å². The summed E-state index contributed by atoms with van der Waals surface area (Å²) in [6, 6.07) is 7.78. The Labute approximate surface area is 109 Å². The highest BCUT2D eigenvalue weighted by Gasteiger charge is 2.23. The first kappa shape index (κ1) is 13.2.